The number of Topliss-reactive ketones (excluding diaryl/α,β-unsaturated/α-hetero) is 1. The van der Waals surface area contributed by atoms with Crippen molar-refractivity contribution in [3.63, 3.8) is 0 Å². The van der Waals surface area contributed by atoms with Gasteiger partial charge in [-0.1, -0.05) is 0 Å². The summed E-state index contributed by atoms with van der Waals surface area (Å²) in [5, 5.41) is 4.02. The number of hydrogen-bond acceptors (Lipinski definition) is 4. The van der Waals surface area contributed by atoms with Crippen LogP contribution in [0.2, 0.25) is 0 Å². The third kappa shape index (κ3) is 1.55. The Morgan fingerprint density at radius 3 is 2.77 bits per heavy atom. The minimum absolute atomic E-state index is 0.0249. The number of hydrogen-bond donors (Lipinski definition) is 1. The van der Waals surface area contributed by atoms with Crippen molar-refractivity contribution in [3.8, 4) is 5.88 Å². The number of carbonyl (C=O) groups is 1. The fourth-order valence-electron chi connectivity index (χ4n) is 1.14. The van der Waals surface area contributed by atoms with Crippen LogP contribution in [0.3, 0.4) is 0 Å². The van der Waals surface area contributed by atoms with Crippen molar-refractivity contribution in [1.29, 1.82) is 0 Å². The first-order valence-electron chi connectivity index (χ1n) is 3.92. The second kappa shape index (κ2) is 3.57. The zero-order valence-corrected chi connectivity index (χ0v) is 8.00. The molecule has 0 aliphatic rings. The summed E-state index contributed by atoms with van der Waals surface area (Å²) in [6, 6.07) is 0. The third-order valence-electron chi connectivity index (χ3n) is 1.96. The second-order valence-corrected chi connectivity index (χ2v) is 2.72. The van der Waals surface area contributed by atoms with Gasteiger partial charge in [-0.05, 0) is 6.92 Å². The molecule has 0 amide bonds. The zero-order chi connectivity index (χ0) is 10.0. The van der Waals surface area contributed by atoms with Gasteiger partial charge in [0.05, 0.1) is 13.7 Å². The fourth-order valence-corrected chi connectivity index (χ4v) is 1.14. The van der Waals surface area contributed by atoms with Crippen molar-refractivity contribution in [2.24, 2.45) is 12.8 Å². The van der Waals surface area contributed by atoms with Gasteiger partial charge in [-0.3, -0.25) is 9.48 Å². The zero-order valence-electron chi connectivity index (χ0n) is 8.00. The average Bonchev–Trinajstić information content (AvgIpc) is 2.42. The Morgan fingerprint density at radius 1 is 1.69 bits per heavy atom. The Labute approximate surface area is 76.5 Å². The van der Waals surface area contributed by atoms with Crippen LogP contribution in [0.1, 0.15) is 16.1 Å². The minimum atomic E-state index is -0.151. The molecule has 72 valence electrons. The van der Waals surface area contributed by atoms with Crippen molar-refractivity contribution in [3.05, 3.63) is 11.3 Å². The summed E-state index contributed by atoms with van der Waals surface area (Å²) < 4.78 is 6.56. The van der Waals surface area contributed by atoms with E-state index in [1.807, 2.05) is 0 Å². The smallest absolute Gasteiger partial charge is 0.243 e. The number of carbonyl (C=O) groups excluding carboxylic acids is 1. The van der Waals surface area contributed by atoms with Crippen LogP contribution in [-0.4, -0.2) is 29.2 Å². The number of ether oxygens (including phenoxy) is 1. The first-order valence-corrected chi connectivity index (χ1v) is 3.92. The van der Waals surface area contributed by atoms with Crippen LogP contribution in [0.4, 0.5) is 0 Å². The quantitative estimate of drug-likeness (QED) is 0.663. The van der Waals surface area contributed by atoms with Crippen LogP contribution in [-0.2, 0) is 7.05 Å². The molecule has 1 aromatic heterocycles. The van der Waals surface area contributed by atoms with E-state index in [9.17, 15) is 4.79 Å². The molecular formula is C8H13N3O2. The summed E-state index contributed by atoms with van der Waals surface area (Å²) >= 11 is 0. The lowest BCUT2D eigenvalue weighted by Crippen LogP contribution is -2.15. The van der Waals surface area contributed by atoms with E-state index in [2.05, 4.69) is 5.10 Å². The summed E-state index contributed by atoms with van der Waals surface area (Å²) in [4.78, 5) is 11.4. The van der Waals surface area contributed by atoms with Gasteiger partial charge in [-0.15, -0.1) is 5.10 Å². The van der Waals surface area contributed by atoms with Crippen LogP contribution in [0.5, 0.6) is 5.88 Å². The van der Waals surface area contributed by atoms with Gasteiger partial charge in [0.1, 0.15) is 5.56 Å². The molecule has 0 aliphatic carbocycles. The molecule has 5 heteroatoms. The summed E-state index contributed by atoms with van der Waals surface area (Å²) in [6.07, 6.45) is 0. The van der Waals surface area contributed by atoms with Gasteiger partial charge in [-0.2, -0.15) is 0 Å². The van der Waals surface area contributed by atoms with E-state index >= 15 is 0 Å². The lowest BCUT2D eigenvalue weighted by molar-refractivity contribution is 0.0998. The van der Waals surface area contributed by atoms with Crippen molar-refractivity contribution >= 4 is 5.78 Å². The van der Waals surface area contributed by atoms with Crippen LogP contribution in [0.25, 0.3) is 0 Å². The molecule has 0 aromatic carbocycles. The van der Waals surface area contributed by atoms with Crippen LogP contribution in [0.15, 0.2) is 0 Å². The molecular weight excluding hydrogens is 170 g/mol. The van der Waals surface area contributed by atoms with E-state index in [-0.39, 0.29) is 12.3 Å². The SMILES string of the molecule is COc1nn(C)c(C)c1C(=O)CN. The molecule has 0 spiro atoms. The van der Waals surface area contributed by atoms with Crippen molar-refractivity contribution < 1.29 is 9.53 Å². The van der Waals surface area contributed by atoms with Gasteiger partial charge in [0.15, 0.2) is 5.78 Å². The summed E-state index contributed by atoms with van der Waals surface area (Å²) in [6.45, 7) is 1.78. The maximum absolute atomic E-state index is 11.4. The Morgan fingerprint density at radius 2 is 2.31 bits per heavy atom. The molecule has 1 rings (SSSR count). The van der Waals surface area contributed by atoms with Crippen LogP contribution >= 0.6 is 0 Å². The number of nitrogens with zero attached hydrogens (tertiary/aromatic N) is 2. The molecule has 5 nitrogen and oxygen atoms in total. The number of rotatable bonds is 3. The molecule has 0 atom stereocenters. The molecule has 1 aromatic rings. The Bertz CT molecular complexity index is 330. The van der Waals surface area contributed by atoms with Gasteiger partial charge in [0.25, 0.3) is 0 Å². The monoisotopic (exact) mass is 183 g/mol. The molecule has 2 N–H and O–H groups in total. The Hall–Kier alpha value is -1.36. The van der Waals surface area contributed by atoms with Crippen molar-refractivity contribution in [2.45, 2.75) is 6.92 Å². The van der Waals surface area contributed by atoms with Crippen molar-refractivity contribution in [1.82, 2.24) is 9.78 Å². The predicted octanol–water partition coefficient (Wildman–Crippen LogP) is -0.121. The van der Waals surface area contributed by atoms with Crippen LogP contribution in [0, 0.1) is 6.92 Å². The fraction of sp³-hybridized carbons (Fsp3) is 0.500. The molecule has 0 bridgehead atoms. The Kier molecular flexibility index (Phi) is 2.67. The highest BCUT2D eigenvalue weighted by molar-refractivity contribution is 6.00. The van der Waals surface area contributed by atoms with Crippen LogP contribution < -0.4 is 10.5 Å². The Balaban J connectivity index is 3.23. The lowest BCUT2D eigenvalue weighted by Gasteiger charge is -1.98. The minimum Gasteiger partial charge on any atom is -0.479 e. The van der Waals surface area contributed by atoms with Crippen molar-refractivity contribution in [2.75, 3.05) is 13.7 Å². The predicted molar refractivity (Wildman–Crippen MR) is 47.9 cm³/mol. The van der Waals surface area contributed by atoms with E-state index in [1.54, 1.807) is 18.7 Å². The largest absolute Gasteiger partial charge is 0.479 e. The number of methoxy groups -OCH3 is 1. The standard InChI is InChI=1S/C8H13N3O2/c1-5-7(6(12)4-9)8(13-3)10-11(5)2/h4,9H2,1-3H3. The maximum Gasteiger partial charge on any atom is 0.243 e. The van der Waals surface area contributed by atoms with Gasteiger partial charge in [-0.25, -0.2) is 0 Å². The number of aromatic nitrogens is 2. The van der Waals surface area contributed by atoms with E-state index in [4.69, 9.17) is 10.5 Å². The number of ketones is 1. The molecule has 0 fully saturated rings. The van der Waals surface area contributed by atoms with Gasteiger partial charge < -0.3 is 10.5 Å². The summed E-state index contributed by atoms with van der Waals surface area (Å²) in [5.74, 6) is 0.193. The maximum atomic E-state index is 11.4. The van der Waals surface area contributed by atoms with Gasteiger partial charge in [0, 0.05) is 12.7 Å². The number of nitrogens with two attached hydrogens (primary N) is 1. The van der Waals surface area contributed by atoms with Gasteiger partial charge in [0.2, 0.25) is 5.88 Å². The molecule has 0 aliphatic heterocycles. The van der Waals surface area contributed by atoms with E-state index in [1.165, 1.54) is 7.11 Å². The topological polar surface area (TPSA) is 70.1 Å². The van der Waals surface area contributed by atoms with E-state index in [0.717, 1.165) is 5.69 Å². The van der Waals surface area contributed by atoms with E-state index < -0.39 is 0 Å². The third-order valence-corrected chi connectivity index (χ3v) is 1.96. The summed E-state index contributed by atoms with van der Waals surface area (Å²) in [7, 11) is 3.24. The first kappa shape index (κ1) is 9.73. The van der Waals surface area contributed by atoms with Gasteiger partial charge >= 0.3 is 0 Å². The highest BCUT2D eigenvalue weighted by Crippen LogP contribution is 2.19. The second-order valence-electron chi connectivity index (χ2n) is 2.72. The highest BCUT2D eigenvalue weighted by Gasteiger charge is 2.19. The molecule has 1 heterocycles. The average molecular weight is 183 g/mol. The molecule has 13 heavy (non-hydrogen) atoms. The molecule has 0 radical (unpaired) electrons. The first-order chi connectivity index (χ1) is 6.11. The lowest BCUT2D eigenvalue weighted by atomic mass is 10.1. The van der Waals surface area contributed by atoms with E-state index in [0.29, 0.717) is 11.4 Å². The summed E-state index contributed by atoms with van der Waals surface area (Å²) in [5.41, 5.74) is 6.51. The molecule has 0 saturated carbocycles. The number of aryl methyl sites for hydroxylation is 1. The highest BCUT2D eigenvalue weighted by atomic mass is 16.5. The normalized spacial score (nSPS) is 10.2. The molecule has 0 saturated heterocycles. The molecule has 0 unspecified atom stereocenters.